The highest BCUT2D eigenvalue weighted by Gasteiger charge is 2.27. The van der Waals surface area contributed by atoms with E-state index in [1.165, 1.54) is 25.3 Å². The van der Waals surface area contributed by atoms with Crippen molar-refractivity contribution < 1.29 is 18.7 Å². The number of aromatic amines is 2. The Morgan fingerprint density at radius 2 is 1.79 bits per heavy atom. The predicted molar refractivity (Wildman–Crippen MR) is 199 cm³/mol. The van der Waals surface area contributed by atoms with Crippen LogP contribution in [0, 0.1) is 5.82 Å². The van der Waals surface area contributed by atoms with Crippen LogP contribution in [0.15, 0.2) is 72.8 Å². The Morgan fingerprint density at radius 1 is 0.981 bits per heavy atom. The third-order valence-corrected chi connectivity index (χ3v) is 10.3. The molecule has 1 saturated carbocycles. The van der Waals surface area contributed by atoms with Gasteiger partial charge in [0.15, 0.2) is 0 Å². The molecule has 5 heterocycles. The Bertz CT molecular complexity index is 2200. The first-order chi connectivity index (χ1) is 25.3. The first kappa shape index (κ1) is 34.3. The summed E-state index contributed by atoms with van der Waals surface area (Å²) >= 11 is 5.86. The molecule has 3 aromatic heterocycles. The van der Waals surface area contributed by atoms with Gasteiger partial charge in [-0.15, -0.1) is 0 Å². The number of pyridine rings is 1. The van der Waals surface area contributed by atoms with Crippen LogP contribution in [0.1, 0.15) is 84.0 Å². The van der Waals surface area contributed by atoms with Gasteiger partial charge in [-0.2, -0.15) is 5.10 Å². The quantitative estimate of drug-likeness (QED) is 0.137. The number of nitrogens with zero attached hydrogens (tertiary/aromatic N) is 4. The lowest BCUT2D eigenvalue weighted by Crippen LogP contribution is -2.33. The number of piperidine rings is 1. The van der Waals surface area contributed by atoms with Gasteiger partial charge in [0.25, 0.3) is 5.91 Å². The fourth-order valence-corrected chi connectivity index (χ4v) is 6.91. The number of carbonyl (C=O) groups excluding carboxylic acids is 1. The molecule has 9 rings (SSSR count). The molecule has 1 atom stereocenters. The van der Waals surface area contributed by atoms with Crippen molar-refractivity contribution in [1.29, 1.82) is 0 Å². The first-order valence-electron chi connectivity index (χ1n) is 18.0. The standard InChI is InChI=1S/C36H33ClFN7O2.C4H8O/c37-25-8-6-24(28(38)17-25)20-47-34-3-1-2-29(42-34)21-12-14-45(15-13-21)19-33-40-31-10-7-23(16-32(31)41-33)36(46)39-26-9-11-30-27(18-26)35(44-43-30)22-4-5-22;1-4-2-3-5-4/h1-3,6-11,16-18,21-22H,4-5,12-15,19-20H2,(H,39,46)(H,40,41)(H,43,44);4H,2-3H2,1H3/t;4-/m.1/s1. The molecule has 12 heteroatoms. The maximum Gasteiger partial charge on any atom is 0.255 e. The third kappa shape index (κ3) is 7.96. The molecule has 52 heavy (non-hydrogen) atoms. The van der Waals surface area contributed by atoms with Gasteiger partial charge in [-0.25, -0.2) is 14.4 Å². The number of ether oxygens (including phenoxy) is 2. The number of carbonyl (C=O) groups is 1. The Morgan fingerprint density at radius 3 is 2.54 bits per heavy atom. The average molecular weight is 722 g/mol. The van der Waals surface area contributed by atoms with Crippen molar-refractivity contribution in [1.82, 2.24) is 30.0 Å². The number of anilines is 1. The molecule has 3 N–H and O–H groups in total. The molecule has 0 unspecified atom stereocenters. The second kappa shape index (κ2) is 15.0. The van der Waals surface area contributed by atoms with E-state index in [0.717, 1.165) is 77.4 Å². The van der Waals surface area contributed by atoms with Crippen LogP contribution in [0.5, 0.6) is 5.88 Å². The fraction of sp³-hybridized carbons (Fsp3) is 0.350. The smallest absolute Gasteiger partial charge is 0.255 e. The van der Waals surface area contributed by atoms with Crippen molar-refractivity contribution in [3.8, 4) is 5.88 Å². The van der Waals surface area contributed by atoms with Crippen LogP contribution in [0.3, 0.4) is 0 Å². The number of benzene rings is 3. The second-order valence-corrected chi connectivity index (χ2v) is 14.4. The van der Waals surface area contributed by atoms with Gasteiger partial charge in [0, 0.05) is 63.1 Å². The number of H-pyrrole nitrogens is 2. The highest BCUT2D eigenvalue weighted by atomic mass is 35.5. The molecule has 0 radical (unpaired) electrons. The summed E-state index contributed by atoms with van der Waals surface area (Å²) < 4.78 is 24.9. The molecule has 2 aliphatic heterocycles. The van der Waals surface area contributed by atoms with Gasteiger partial charge in [0.1, 0.15) is 18.2 Å². The van der Waals surface area contributed by atoms with Crippen molar-refractivity contribution in [3.05, 3.63) is 112 Å². The fourth-order valence-electron chi connectivity index (χ4n) is 6.75. The summed E-state index contributed by atoms with van der Waals surface area (Å²) in [6, 6.07) is 21.7. The van der Waals surface area contributed by atoms with E-state index >= 15 is 0 Å². The number of fused-ring (bicyclic) bond motifs is 2. The minimum absolute atomic E-state index is 0.0882. The summed E-state index contributed by atoms with van der Waals surface area (Å²) in [4.78, 5) is 28.5. The Balaban J connectivity index is 0.000000715. The van der Waals surface area contributed by atoms with Crippen LogP contribution in [0.2, 0.25) is 5.02 Å². The summed E-state index contributed by atoms with van der Waals surface area (Å²) in [6.07, 6.45) is 6.10. The molecule has 6 aromatic rings. The van der Waals surface area contributed by atoms with Gasteiger partial charge in [-0.1, -0.05) is 23.7 Å². The normalized spacial score (nSPS) is 17.8. The van der Waals surface area contributed by atoms with Crippen molar-refractivity contribution in [3.63, 3.8) is 0 Å². The lowest BCUT2D eigenvalue weighted by atomic mass is 9.93. The van der Waals surface area contributed by atoms with Crippen molar-refractivity contribution in [2.24, 2.45) is 0 Å². The summed E-state index contributed by atoms with van der Waals surface area (Å²) in [7, 11) is 0. The molecule has 1 aliphatic carbocycles. The Kier molecular flexibility index (Phi) is 9.90. The first-order valence-corrected chi connectivity index (χ1v) is 18.4. The van der Waals surface area contributed by atoms with Crippen LogP contribution >= 0.6 is 11.6 Å². The lowest BCUT2D eigenvalue weighted by molar-refractivity contribution is -0.0375. The largest absolute Gasteiger partial charge is 0.473 e. The van der Waals surface area contributed by atoms with Gasteiger partial charge in [0.05, 0.1) is 29.2 Å². The zero-order valence-corrected chi connectivity index (χ0v) is 29.8. The van der Waals surface area contributed by atoms with Gasteiger partial charge < -0.3 is 19.8 Å². The summed E-state index contributed by atoms with van der Waals surface area (Å²) in [5, 5.41) is 12.0. The predicted octanol–water partition coefficient (Wildman–Crippen LogP) is 8.51. The lowest BCUT2D eigenvalue weighted by Gasteiger charge is -2.31. The number of likely N-dealkylation sites (tertiary alicyclic amines) is 1. The molecule has 0 bridgehead atoms. The number of halogens is 2. The zero-order valence-electron chi connectivity index (χ0n) is 29.0. The second-order valence-electron chi connectivity index (χ2n) is 14.0. The Hall–Kier alpha value is -4.84. The van der Waals surface area contributed by atoms with Crippen LogP contribution in [0.4, 0.5) is 10.1 Å². The minimum Gasteiger partial charge on any atom is -0.473 e. The number of rotatable bonds is 9. The van der Waals surface area contributed by atoms with E-state index in [1.807, 2.05) is 48.5 Å². The summed E-state index contributed by atoms with van der Waals surface area (Å²) in [6.45, 7) is 5.67. The van der Waals surface area contributed by atoms with E-state index in [2.05, 4.69) is 32.3 Å². The average Bonchev–Trinajstić information content (AvgIpc) is 3.77. The molecular formula is C40H41ClFN7O3. The van der Waals surface area contributed by atoms with E-state index in [-0.39, 0.29) is 12.5 Å². The third-order valence-electron chi connectivity index (χ3n) is 10.1. The van der Waals surface area contributed by atoms with E-state index in [4.69, 9.17) is 31.0 Å². The molecule has 3 aromatic carbocycles. The van der Waals surface area contributed by atoms with E-state index < -0.39 is 5.82 Å². The number of hydrogen-bond acceptors (Lipinski definition) is 7. The molecule has 268 valence electrons. The maximum absolute atomic E-state index is 14.1. The highest BCUT2D eigenvalue weighted by molar-refractivity contribution is 6.30. The number of hydrogen-bond donors (Lipinski definition) is 3. The molecule has 1 amide bonds. The van der Waals surface area contributed by atoms with Crippen molar-refractivity contribution in [2.45, 2.75) is 70.1 Å². The van der Waals surface area contributed by atoms with E-state index in [0.29, 0.717) is 46.5 Å². The summed E-state index contributed by atoms with van der Waals surface area (Å²) in [5.41, 5.74) is 6.49. The molecule has 0 spiro atoms. The van der Waals surface area contributed by atoms with Crippen LogP contribution < -0.4 is 10.1 Å². The monoisotopic (exact) mass is 721 g/mol. The summed E-state index contributed by atoms with van der Waals surface area (Å²) in [5.74, 6) is 1.66. The van der Waals surface area contributed by atoms with Gasteiger partial charge in [-0.3, -0.25) is 14.8 Å². The van der Waals surface area contributed by atoms with E-state index in [9.17, 15) is 9.18 Å². The van der Waals surface area contributed by atoms with Crippen LogP contribution in [-0.2, 0) is 17.9 Å². The van der Waals surface area contributed by atoms with E-state index in [1.54, 1.807) is 18.2 Å². The molecular weight excluding hydrogens is 681 g/mol. The SMILES string of the molecule is C[C@@H]1CCO1.O=C(Nc1ccc2n[nH]c(C3CC3)c2c1)c1ccc2nc(CN3CCC(c4cccc(OCc5ccc(Cl)cc5F)n4)CC3)[nH]c2c1. The number of amides is 1. The van der Waals surface area contributed by atoms with Crippen molar-refractivity contribution >= 4 is 45.1 Å². The molecule has 3 aliphatic rings. The molecule has 10 nitrogen and oxygen atoms in total. The van der Waals surface area contributed by atoms with Crippen LogP contribution in [-0.4, -0.2) is 61.8 Å². The van der Waals surface area contributed by atoms with Crippen molar-refractivity contribution in [2.75, 3.05) is 25.0 Å². The van der Waals surface area contributed by atoms with Gasteiger partial charge in [0.2, 0.25) is 5.88 Å². The van der Waals surface area contributed by atoms with Gasteiger partial charge in [-0.05, 0) is 107 Å². The number of aromatic nitrogens is 5. The highest BCUT2D eigenvalue weighted by Crippen LogP contribution is 2.42. The van der Waals surface area contributed by atoms with Crippen LogP contribution in [0.25, 0.3) is 21.9 Å². The zero-order chi connectivity index (χ0) is 35.6. The number of imidazole rings is 1. The maximum atomic E-state index is 14.1. The molecule has 2 saturated heterocycles. The minimum atomic E-state index is -0.391. The molecule has 3 fully saturated rings. The topological polar surface area (TPSA) is 121 Å². The van der Waals surface area contributed by atoms with Gasteiger partial charge >= 0.3 is 0 Å². The number of nitrogens with one attached hydrogen (secondary N) is 3. The Labute approximate surface area is 306 Å².